The quantitative estimate of drug-likeness (QED) is 0.374. The van der Waals surface area contributed by atoms with Gasteiger partial charge in [0.2, 0.25) is 0 Å². The molecule has 0 spiro atoms. The van der Waals surface area contributed by atoms with Crippen molar-refractivity contribution in [2.45, 2.75) is 109 Å². The first-order chi connectivity index (χ1) is 11.3. The highest BCUT2D eigenvalue weighted by Crippen LogP contribution is 2.21. The van der Waals surface area contributed by atoms with E-state index in [2.05, 4.69) is 6.92 Å². The Labute approximate surface area is 147 Å². The van der Waals surface area contributed by atoms with Crippen LogP contribution < -0.4 is 5.73 Å². The highest BCUT2D eigenvalue weighted by Gasteiger charge is 2.42. The number of Topliss-reactive ketones (excluding diaryl/α,β-unsaturated/α-hetero) is 1. The zero-order valence-corrected chi connectivity index (χ0v) is 15.6. The van der Waals surface area contributed by atoms with Crippen molar-refractivity contribution in [3.05, 3.63) is 0 Å². The molecule has 0 aliphatic rings. The Morgan fingerprint density at radius 1 is 0.917 bits per heavy atom. The van der Waals surface area contributed by atoms with Gasteiger partial charge in [0.1, 0.15) is 5.78 Å². The fraction of sp³-hybridized carbons (Fsp3) is 0.895. The number of carbonyl (C=O) groups is 2. The average Bonchev–Trinajstić information content (AvgIpc) is 2.51. The zero-order valence-electron chi connectivity index (χ0n) is 15.6. The van der Waals surface area contributed by atoms with Gasteiger partial charge in [-0.1, -0.05) is 77.6 Å². The number of aliphatic hydroxyl groups excluding tert-OH is 1. The van der Waals surface area contributed by atoms with Crippen LogP contribution in [0.1, 0.15) is 97.3 Å². The molecule has 0 rings (SSSR count). The first-order valence-electron chi connectivity index (χ1n) is 9.54. The number of unbranched alkanes of at least 4 members (excludes halogenated alkanes) is 10. The van der Waals surface area contributed by atoms with Gasteiger partial charge in [0.25, 0.3) is 5.91 Å². The molecule has 0 aromatic heterocycles. The molecule has 0 bridgehead atoms. The van der Waals surface area contributed by atoms with Crippen molar-refractivity contribution in [3.63, 3.8) is 0 Å². The molecule has 2 atom stereocenters. The van der Waals surface area contributed by atoms with Gasteiger partial charge in [-0.05, 0) is 13.3 Å². The molecule has 0 fully saturated rings. The lowest BCUT2D eigenvalue weighted by atomic mass is 9.87. The van der Waals surface area contributed by atoms with Gasteiger partial charge in [-0.3, -0.25) is 9.59 Å². The third kappa shape index (κ3) is 10.0. The van der Waals surface area contributed by atoms with E-state index in [-0.39, 0.29) is 12.2 Å². The molecule has 5 nitrogen and oxygen atoms in total. The number of nitrogens with two attached hydrogens (primary N) is 1. The molecule has 0 radical (unpaired) electrons. The van der Waals surface area contributed by atoms with E-state index < -0.39 is 24.0 Å². The van der Waals surface area contributed by atoms with Crippen molar-refractivity contribution in [2.75, 3.05) is 0 Å². The Bertz CT molecular complexity index is 359. The zero-order chi connectivity index (χ0) is 18.4. The molecule has 0 saturated carbocycles. The first-order valence-corrected chi connectivity index (χ1v) is 9.54. The Kier molecular flexibility index (Phi) is 12.8. The molecule has 1 amide bonds. The summed E-state index contributed by atoms with van der Waals surface area (Å²) >= 11 is 0. The molecular formula is C19H37NO4. The summed E-state index contributed by atoms with van der Waals surface area (Å²) in [4.78, 5) is 22.5. The van der Waals surface area contributed by atoms with Crippen molar-refractivity contribution in [2.24, 2.45) is 5.73 Å². The molecule has 2 unspecified atom stereocenters. The molecule has 0 saturated heterocycles. The predicted molar refractivity (Wildman–Crippen MR) is 96.5 cm³/mol. The number of carbonyl (C=O) groups excluding carboxylic acids is 2. The van der Waals surface area contributed by atoms with E-state index in [0.29, 0.717) is 6.42 Å². The van der Waals surface area contributed by atoms with Crippen LogP contribution in [-0.4, -0.2) is 33.6 Å². The second-order valence-corrected chi connectivity index (χ2v) is 7.01. The van der Waals surface area contributed by atoms with Gasteiger partial charge in [0.05, 0.1) is 6.10 Å². The fourth-order valence-electron chi connectivity index (χ4n) is 2.99. The van der Waals surface area contributed by atoms with Gasteiger partial charge in [-0.25, -0.2) is 0 Å². The Morgan fingerprint density at radius 2 is 1.33 bits per heavy atom. The SMILES string of the molecule is CCCCCCCCCCCCCC(O)C(O)(CC(C)=O)C(N)=O. The highest BCUT2D eigenvalue weighted by atomic mass is 16.4. The predicted octanol–water partition coefficient (Wildman–Crippen LogP) is 3.24. The van der Waals surface area contributed by atoms with Crippen molar-refractivity contribution in [1.82, 2.24) is 0 Å². The topological polar surface area (TPSA) is 101 Å². The normalized spacial score (nSPS) is 15.0. The van der Waals surface area contributed by atoms with Crippen LogP contribution in [-0.2, 0) is 9.59 Å². The monoisotopic (exact) mass is 343 g/mol. The van der Waals surface area contributed by atoms with E-state index in [0.717, 1.165) is 12.8 Å². The van der Waals surface area contributed by atoms with Gasteiger partial charge in [0.15, 0.2) is 5.60 Å². The molecule has 0 aromatic rings. The second-order valence-electron chi connectivity index (χ2n) is 7.01. The van der Waals surface area contributed by atoms with Crippen molar-refractivity contribution >= 4 is 11.7 Å². The van der Waals surface area contributed by atoms with Crippen LogP contribution >= 0.6 is 0 Å². The standard InChI is InChI=1S/C19H37NO4/c1-3-4-5-6-7-8-9-10-11-12-13-14-17(22)19(24,18(20)23)15-16(2)21/h17,22,24H,3-15H2,1-2H3,(H2,20,23). The minimum Gasteiger partial charge on any atom is -0.390 e. The van der Waals surface area contributed by atoms with Gasteiger partial charge >= 0.3 is 0 Å². The lowest BCUT2D eigenvalue weighted by Gasteiger charge is -2.29. The molecule has 0 aliphatic carbocycles. The smallest absolute Gasteiger partial charge is 0.252 e. The lowest BCUT2D eigenvalue weighted by molar-refractivity contribution is -0.155. The Morgan fingerprint density at radius 3 is 1.71 bits per heavy atom. The van der Waals surface area contributed by atoms with Crippen LogP contribution in [0.25, 0.3) is 0 Å². The number of primary amides is 1. The van der Waals surface area contributed by atoms with Crippen LogP contribution in [0.15, 0.2) is 0 Å². The van der Waals surface area contributed by atoms with Crippen molar-refractivity contribution in [1.29, 1.82) is 0 Å². The number of amides is 1. The van der Waals surface area contributed by atoms with Crippen LogP contribution in [0.5, 0.6) is 0 Å². The van der Waals surface area contributed by atoms with Crippen molar-refractivity contribution in [3.8, 4) is 0 Å². The molecule has 0 aromatic carbocycles. The molecule has 24 heavy (non-hydrogen) atoms. The first kappa shape index (κ1) is 23.1. The molecule has 0 aliphatic heterocycles. The number of hydrogen-bond donors (Lipinski definition) is 3. The maximum Gasteiger partial charge on any atom is 0.252 e. The Hall–Kier alpha value is -0.940. The summed E-state index contributed by atoms with van der Waals surface area (Å²) in [6.07, 6.45) is 11.6. The maximum absolute atomic E-state index is 11.4. The van der Waals surface area contributed by atoms with E-state index in [1.54, 1.807) is 0 Å². The van der Waals surface area contributed by atoms with Gasteiger partial charge in [-0.2, -0.15) is 0 Å². The summed E-state index contributed by atoms with van der Waals surface area (Å²) in [5.74, 6) is -1.40. The summed E-state index contributed by atoms with van der Waals surface area (Å²) in [7, 11) is 0. The minimum absolute atomic E-state index is 0.281. The minimum atomic E-state index is -2.13. The maximum atomic E-state index is 11.4. The summed E-state index contributed by atoms with van der Waals surface area (Å²) in [6.45, 7) is 3.49. The van der Waals surface area contributed by atoms with Crippen LogP contribution in [0.2, 0.25) is 0 Å². The van der Waals surface area contributed by atoms with E-state index >= 15 is 0 Å². The van der Waals surface area contributed by atoms with E-state index in [1.807, 2.05) is 0 Å². The van der Waals surface area contributed by atoms with Crippen molar-refractivity contribution < 1.29 is 19.8 Å². The second kappa shape index (κ2) is 13.4. The number of rotatable bonds is 16. The van der Waals surface area contributed by atoms with Crippen LogP contribution in [0.4, 0.5) is 0 Å². The number of aliphatic hydroxyl groups is 2. The van der Waals surface area contributed by atoms with E-state index in [9.17, 15) is 19.8 Å². The molecular weight excluding hydrogens is 306 g/mol. The van der Waals surface area contributed by atoms with Crippen LogP contribution in [0, 0.1) is 0 Å². The third-order valence-electron chi connectivity index (χ3n) is 4.58. The number of hydrogen-bond acceptors (Lipinski definition) is 4. The third-order valence-corrected chi connectivity index (χ3v) is 4.58. The summed E-state index contributed by atoms with van der Waals surface area (Å²) < 4.78 is 0. The van der Waals surface area contributed by atoms with Gasteiger partial charge in [-0.15, -0.1) is 0 Å². The van der Waals surface area contributed by atoms with E-state index in [1.165, 1.54) is 58.3 Å². The fourth-order valence-corrected chi connectivity index (χ4v) is 2.99. The summed E-state index contributed by atoms with van der Waals surface area (Å²) in [5, 5.41) is 20.2. The summed E-state index contributed by atoms with van der Waals surface area (Å²) in [6, 6.07) is 0. The largest absolute Gasteiger partial charge is 0.390 e. The average molecular weight is 344 g/mol. The number of ketones is 1. The van der Waals surface area contributed by atoms with E-state index in [4.69, 9.17) is 5.73 Å². The highest BCUT2D eigenvalue weighted by molar-refractivity contribution is 5.90. The molecule has 0 heterocycles. The Balaban J connectivity index is 3.75. The van der Waals surface area contributed by atoms with Gasteiger partial charge in [0, 0.05) is 6.42 Å². The van der Waals surface area contributed by atoms with Crippen LogP contribution in [0.3, 0.4) is 0 Å². The van der Waals surface area contributed by atoms with Gasteiger partial charge < -0.3 is 15.9 Å². The molecule has 4 N–H and O–H groups in total. The molecule has 142 valence electrons. The molecule has 5 heteroatoms. The summed E-state index contributed by atoms with van der Waals surface area (Å²) in [5.41, 5.74) is 3.01. The lowest BCUT2D eigenvalue weighted by Crippen LogP contribution is -2.54.